The number of aromatic nitrogens is 2. The van der Waals surface area contributed by atoms with Crippen molar-refractivity contribution in [3.63, 3.8) is 0 Å². The maximum Gasteiger partial charge on any atom is 0.125 e. The molecule has 56 valence electrons. The molecule has 0 aliphatic rings. The summed E-state index contributed by atoms with van der Waals surface area (Å²) in [5.74, 6) is -0.247. The highest BCUT2D eigenvalue weighted by Gasteiger charge is 2.03. The fourth-order valence-electron chi connectivity index (χ4n) is 1.01. The fourth-order valence-corrected chi connectivity index (χ4v) is 1.60. The zero-order valence-electron chi connectivity index (χ0n) is 5.84. The molecule has 2 nitrogen and oxygen atoms in total. The lowest BCUT2D eigenvalue weighted by Crippen LogP contribution is -1.79. The average Bonchev–Trinajstić information content (AvgIpc) is 2.34. The van der Waals surface area contributed by atoms with Crippen LogP contribution in [0, 0.1) is 12.7 Å². The molecule has 0 atom stereocenters. The monoisotopic (exact) mass is 168 g/mol. The molecule has 2 aromatic rings. The highest BCUT2D eigenvalue weighted by Crippen LogP contribution is 2.17. The van der Waals surface area contributed by atoms with Crippen LogP contribution in [0.5, 0.6) is 0 Å². The molecular weight excluding hydrogens is 163 g/mol. The molecule has 0 saturated heterocycles. The summed E-state index contributed by atoms with van der Waals surface area (Å²) < 4.78 is 20.7. The first-order valence-electron chi connectivity index (χ1n) is 3.16. The molecule has 0 aliphatic heterocycles. The Kier molecular flexibility index (Phi) is 1.35. The van der Waals surface area contributed by atoms with Gasteiger partial charge >= 0.3 is 0 Å². The molecule has 1 aromatic heterocycles. The van der Waals surface area contributed by atoms with Crippen molar-refractivity contribution in [2.75, 3.05) is 0 Å². The summed E-state index contributed by atoms with van der Waals surface area (Å²) in [5, 5.41) is 0. The number of fused-ring (bicyclic) bond motifs is 1. The molecular formula is C7H5FN2S. The Morgan fingerprint density at radius 2 is 2.18 bits per heavy atom. The molecule has 0 amide bonds. The van der Waals surface area contributed by atoms with Crippen molar-refractivity contribution in [2.24, 2.45) is 0 Å². The largest absolute Gasteiger partial charge is 0.207 e. The Morgan fingerprint density at radius 1 is 1.36 bits per heavy atom. The van der Waals surface area contributed by atoms with E-state index < -0.39 is 0 Å². The second-order valence-electron chi connectivity index (χ2n) is 2.35. The number of rotatable bonds is 0. The Hall–Kier alpha value is -1.03. The van der Waals surface area contributed by atoms with Gasteiger partial charge in [0.15, 0.2) is 0 Å². The van der Waals surface area contributed by atoms with Gasteiger partial charge in [-0.1, -0.05) is 0 Å². The minimum atomic E-state index is -0.247. The van der Waals surface area contributed by atoms with Crippen LogP contribution in [0.1, 0.15) is 5.56 Å². The smallest absolute Gasteiger partial charge is 0.125 e. The first kappa shape index (κ1) is 6.67. The van der Waals surface area contributed by atoms with Crippen molar-refractivity contribution in [3.8, 4) is 0 Å². The molecule has 0 radical (unpaired) electrons. The number of aryl methyl sites for hydroxylation is 1. The normalized spacial score (nSPS) is 10.7. The molecule has 0 aliphatic carbocycles. The van der Waals surface area contributed by atoms with E-state index in [1.165, 1.54) is 12.1 Å². The molecule has 4 heteroatoms. The molecule has 0 saturated carbocycles. The van der Waals surface area contributed by atoms with Crippen LogP contribution in [0.15, 0.2) is 12.1 Å². The van der Waals surface area contributed by atoms with E-state index in [1.807, 2.05) is 6.92 Å². The highest BCUT2D eigenvalue weighted by molar-refractivity contribution is 7.00. The lowest BCUT2D eigenvalue weighted by Gasteiger charge is -1.91. The summed E-state index contributed by atoms with van der Waals surface area (Å²) >= 11 is 1.11. The third-order valence-corrected chi connectivity index (χ3v) is 2.06. The summed E-state index contributed by atoms with van der Waals surface area (Å²) in [7, 11) is 0. The number of hydrogen-bond donors (Lipinski definition) is 0. The summed E-state index contributed by atoms with van der Waals surface area (Å²) in [4.78, 5) is 0. The quantitative estimate of drug-likeness (QED) is 0.602. The lowest BCUT2D eigenvalue weighted by molar-refractivity contribution is 0.628. The Morgan fingerprint density at radius 3 is 3.00 bits per heavy atom. The van der Waals surface area contributed by atoms with Gasteiger partial charge in [0.25, 0.3) is 0 Å². The maximum absolute atomic E-state index is 12.7. The van der Waals surface area contributed by atoms with Gasteiger partial charge in [0, 0.05) is 6.07 Å². The van der Waals surface area contributed by atoms with Gasteiger partial charge in [0.2, 0.25) is 0 Å². The van der Waals surface area contributed by atoms with Crippen molar-refractivity contribution in [1.82, 2.24) is 8.75 Å². The summed E-state index contributed by atoms with van der Waals surface area (Å²) in [6.07, 6.45) is 0. The number of nitrogens with zero attached hydrogens (tertiary/aromatic N) is 2. The van der Waals surface area contributed by atoms with E-state index in [0.717, 1.165) is 22.8 Å². The first-order chi connectivity index (χ1) is 5.27. The summed E-state index contributed by atoms with van der Waals surface area (Å²) in [5.41, 5.74) is 2.29. The molecule has 1 heterocycles. The number of benzene rings is 1. The van der Waals surface area contributed by atoms with Gasteiger partial charge < -0.3 is 0 Å². The van der Waals surface area contributed by atoms with Gasteiger partial charge in [0.05, 0.1) is 11.7 Å². The van der Waals surface area contributed by atoms with E-state index in [1.54, 1.807) is 0 Å². The summed E-state index contributed by atoms with van der Waals surface area (Å²) in [6, 6.07) is 2.86. The third kappa shape index (κ3) is 0.991. The first-order valence-corrected chi connectivity index (χ1v) is 3.89. The Labute approximate surface area is 67.0 Å². The molecule has 11 heavy (non-hydrogen) atoms. The lowest BCUT2D eigenvalue weighted by atomic mass is 10.2. The van der Waals surface area contributed by atoms with Crippen molar-refractivity contribution in [1.29, 1.82) is 0 Å². The maximum atomic E-state index is 12.7. The van der Waals surface area contributed by atoms with Crippen LogP contribution < -0.4 is 0 Å². The molecule has 0 bridgehead atoms. The molecule has 1 aromatic carbocycles. The van der Waals surface area contributed by atoms with Crippen molar-refractivity contribution < 1.29 is 4.39 Å². The van der Waals surface area contributed by atoms with Crippen molar-refractivity contribution >= 4 is 22.8 Å². The van der Waals surface area contributed by atoms with Gasteiger partial charge in [-0.3, -0.25) is 0 Å². The van der Waals surface area contributed by atoms with E-state index >= 15 is 0 Å². The van der Waals surface area contributed by atoms with E-state index in [-0.39, 0.29) is 5.82 Å². The Balaban J connectivity index is 2.91. The van der Waals surface area contributed by atoms with Crippen LogP contribution in [-0.4, -0.2) is 8.75 Å². The second-order valence-corrected chi connectivity index (χ2v) is 2.88. The van der Waals surface area contributed by atoms with Gasteiger partial charge in [-0.25, -0.2) is 4.39 Å². The van der Waals surface area contributed by atoms with Gasteiger partial charge in [0.1, 0.15) is 16.9 Å². The van der Waals surface area contributed by atoms with E-state index in [9.17, 15) is 4.39 Å². The molecule has 0 fully saturated rings. The van der Waals surface area contributed by atoms with Crippen molar-refractivity contribution in [2.45, 2.75) is 6.92 Å². The van der Waals surface area contributed by atoms with Crippen molar-refractivity contribution in [3.05, 3.63) is 23.5 Å². The zero-order valence-corrected chi connectivity index (χ0v) is 6.65. The molecule has 2 rings (SSSR count). The van der Waals surface area contributed by atoms with E-state index in [0.29, 0.717) is 5.52 Å². The predicted molar refractivity (Wildman–Crippen MR) is 42.1 cm³/mol. The van der Waals surface area contributed by atoms with E-state index in [4.69, 9.17) is 0 Å². The van der Waals surface area contributed by atoms with Crippen LogP contribution >= 0.6 is 11.7 Å². The van der Waals surface area contributed by atoms with Crippen LogP contribution in [0.4, 0.5) is 4.39 Å². The van der Waals surface area contributed by atoms with Crippen LogP contribution in [0.2, 0.25) is 0 Å². The zero-order chi connectivity index (χ0) is 7.84. The second kappa shape index (κ2) is 2.23. The number of hydrogen-bond acceptors (Lipinski definition) is 3. The minimum absolute atomic E-state index is 0.247. The molecule has 0 N–H and O–H groups in total. The minimum Gasteiger partial charge on any atom is -0.207 e. The average molecular weight is 168 g/mol. The summed E-state index contributed by atoms with van der Waals surface area (Å²) in [6.45, 7) is 1.83. The molecule has 0 spiro atoms. The SMILES string of the molecule is Cc1cc(F)cc2nsnc12. The number of halogens is 1. The third-order valence-electron chi connectivity index (χ3n) is 1.52. The fraction of sp³-hybridized carbons (Fsp3) is 0.143. The molecule has 0 unspecified atom stereocenters. The van der Waals surface area contributed by atoms with Gasteiger partial charge in [-0.05, 0) is 18.6 Å². The highest BCUT2D eigenvalue weighted by atomic mass is 32.1. The van der Waals surface area contributed by atoms with Crippen LogP contribution in [0.3, 0.4) is 0 Å². The van der Waals surface area contributed by atoms with Gasteiger partial charge in [-0.2, -0.15) is 8.75 Å². The Bertz CT molecular complexity index is 396. The van der Waals surface area contributed by atoms with E-state index in [2.05, 4.69) is 8.75 Å². The predicted octanol–water partition coefficient (Wildman–Crippen LogP) is 2.14. The topological polar surface area (TPSA) is 25.8 Å². The van der Waals surface area contributed by atoms with Gasteiger partial charge in [-0.15, -0.1) is 0 Å². The van der Waals surface area contributed by atoms with Crippen LogP contribution in [-0.2, 0) is 0 Å². The standard InChI is InChI=1S/C7H5FN2S/c1-4-2-5(8)3-6-7(4)10-11-9-6/h2-3H,1H3. The van der Waals surface area contributed by atoms with Crippen LogP contribution in [0.25, 0.3) is 11.0 Å².